The van der Waals surface area contributed by atoms with Gasteiger partial charge in [0.05, 0.1) is 24.0 Å². The third-order valence-electron chi connectivity index (χ3n) is 2.62. The maximum atomic E-state index is 11.6. The van der Waals surface area contributed by atoms with Crippen LogP contribution in [0.2, 0.25) is 0 Å². The first-order chi connectivity index (χ1) is 10.1. The number of carbonyl (C=O) groups is 2. The van der Waals surface area contributed by atoms with Crippen LogP contribution in [0, 0.1) is 0 Å². The molecule has 2 aromatic heterocycles. The molecule has 0 saturated heterocycles. The van der Waals surface area contributed by atoms with Crippen molar-refractivity contribution in [1.82, 2.24) is 20.3 Å². The van der Waals surface area contributed by atoms with Crippen LogP contribution in [-0.2, 0) is 17.6 Å². The fourth-order valence-corrected chi connectivity index (χ4v) is 1.66. The Morgan fingerprint density at radius 2 is 2.14 bits per heavy atom. The number of aromatic amines is 1. The molecular weight excluding hydrogens is 274 g/mol. The van der Waals surface area contributed by atoms with Crippen LogP contribution in [0.4, 0.5) is 10.5 Å². The highest BCUT2D eigenvalue weighted by Crippen LogP contribution is 2.06. The third kappa shape index (κ3) is 4.94. The molecule has 0 radical (unpaired) electrons. The van der Waals surface area contributed by atoms with Crippen molar-refractivity contribution >= 4 is 17.7 Å². The number of carboxylic acid groups (broad SMARTS) is 1. The number of nitrogens with zero attached hydrogens (tertiary/aromatic N) is 2. The summed E-state index contributed by atoms with van der Waals surface area (Å²) < 4.78 is 0. The number of aromatic nitrogens is 3. The first kappa shape index (κ1) is 14.5. The van der Waals surface area contributed by atoms with Gasteiger partial charge in [0.2, 0.25) is 0 Å². The third-order valence-corrected chi connectivity index (χ3v) is 2.62. The number of aliphatic carboxylic acids is 1. The zero-order chi connectivity index (χ0) is 15.1. The summed E-state index contributed by atoms with van der Waals surface area (Å²) in [4.78, 5) is 33.1. The molecule has 0 unspecified atom stereocenters. The van der Waals surface area contributed by atoms with Crippen molar-refractivity contribution in [3.63, 3.8) is 0 Å². The van der Waals surface area contributed by atoms with E-state index in [2.05, 4.69) is 25.6 Å². The van der Waals surface area contributed by atoms with Gasteiger partial charge >= 0.3 is 12.0 Å². The summed E-state index contributed by atoms with van der Waals surface area (Å²) >= 11 is 0. The largest absolute Gasteiger partial charge is 0.481 e. The number of nitrogens with one attached hydrogen (secondary N) is 3. The van der Waals surface area contributed by atoms with Crippen molar-refractivity contribution in [3.8, 4) is 0 Å². The van der Waals surface area contributed by atoms with Crippen molar-refractivity contribution in [2.45, 2.75) is 12.8 Å². The molecule has 4 N–H and O–H groups in total. The molecule has 8 nitrogen and oxygen atoms in total. The Labute approximate surface area is 120 Å². The Bertz CT molecular complexity index is 595. The molecule has 110 valence electrons. The number of pyridine rings is 1. The Balaban J connectivity index is 1.75. The average Bonchev–Trinajstić information content (AvgIpc) is 2.93. The SMILES string of the molecule is O=C(O)Cc1ccc(NC(=O)NCCc2ncc[nH]2)cn1. The second kappa shape index (κ2) is 7.04. The molecule has 0 aliphatic rings. The zero-order valence-electron chi connectivity index (χ0n) is 11.2. The topological polar surface area (TPSA) is 120 Å². The van der Waals surface area contributed by atoms with E-state index < -0.39 is 5.97 Å². The molecule has 2 aromatic rings. The van der Waals surface area contributed by atoms with Gasteiger partial charge in [-0.05, 0) is 12.1 Å². The van der Waals surface area contributed by atoms with E-state index in [-0.39, 0.29) is 12.5 Å². The standard InChI is InChI=1S/C13H15N5O3/c19-12(20)7-9-1-2-10(8-17-9)18-13(21)16-4-3-11-14-5-6-15-11/h1-2,5-6,8H,3-4,7H2,(H,14,15)(H,19,20)(H2,16,18,21). The molecule has 8 heteroatoms. The van der Waals surface area contributed by atoms with Gasteiger partial charge in [-0.3, -0.25) is 9.78 Å². The lowest BCUT2D eigenvalue weighted by Crippen LogP contribution is -2.30. The molecule has 0 aliphatic carbocycles. The van der Waals surface area contributed by atoms with Gasteiger partial charge in [0.25, 0.3) is 0 Å². The van der Waals surface area contributed by atoms with E-state index in [0.717, 1.165) is 5.82 Å². The van der Waals surface area contributed by atoms with E-state index in [1.807, 2.05) is 0 Å². The minimum absolute atomic E-state index is 0.143. The van der Waals surface area contributed by atoms with E-state index >= 15 is 0 Å². The fraction of sp³-hybridized carbons (Fsp3) is 0.231. The van der Waals surface area contributed by atoms with Crippen LogP contribution < -0.4 is 10.6 Å². The molecule has 0 aliphatic heterocycles. The number of hydrogen-bond acceptors (Lipinski definition) is 4. The van der Waals surface area contributed by atoms with Crippen LogP contribution in [0.15, 0.2) is 30.7 Å². The van der Waals surface area contributed by atoms with Crippen LogP contribution in [0.5, 0.6) is 0 Å². The molecule has 0 aromatic carbocycles. The number of hydrogen-bond donors (Lipinski definition) is 4. The van der Waals surface area contributed by atoms with Gasteiger partial charge in [0, 0.05) is 25.4 Å². The normalized spacial score (nSPS) is 10.1. The Morgan fingerprint density at radius 3 is 2.76 bits per heavy atom. The van der Waals surface area contributed by atoms with Crippen LogP contribution in [0.25, 0.3) is 0 Å². The number of carbonyl (C=O) groups excluding carboxylic acids is 1. The van der Waals surface area contributed by atoms with Gasteiger partial charge in [-0.25, -0.2) is 9.78 Å². The summed E-state index contributed by atoms with van der Waals surface area (Å²) in [6.07, 6.45) is 5.26. The number of carboxylic acids is 1. The molecule has 0 atom stereocenters. The lowest BCUT2D eigenvalue weighted by Gasteiger charge is -2.07. The quantitative estimate of drug-likeness (QED) is 0.627. The van der Waals surface area contributed by atoms with Gasteiger partial charge in [0.1, 0.15) is 5.82 Å². The summed E-state index contributed by atoms with van der Waals surface area (Å²) in [5.41, 5.74) is 0.936. The molecule has 2 amide bonds. The minimum Gasteiger partial charge on any atom is -0.481 e. The summed E-state index contributed by atoms with van der Waals surface area (Å²) in [6.45, 7) is 0.448. The molecule has 0 saturated carbocycles. The van der Waals surface area contributed by atoms with Crippen LogP contribution in [-0.4, -0.2) is 38.6 Å². The fourth-order valence-electron chi connectivity index (χ4n) is 1.66. The Kier molecular flexibility index (Phi) is 4.86. The number of urea groups is 1. The predicted molar refractivity (Wildman–Crippen MR) is 74.9 cm³/mol. The summed E-state index contributed by atoms with van der Waals surface area (Å²) in [6, 6.07) is 2.82. The van der Waals surface area contributed by atoms with Crippen LogP contribution >= 0.6 is 0 Å². The number of rotatable bonds is 6. The van der Waals surface area contributed by atoms with Crippen molar-refractivity contribution in [3.05, 3.63) is 42.2 Å². The Morgan fingerprint density at radius 1 is 1.29 bits per heavy atom. The second-order valence-electron chi connectivity index (χ2n) is 4.28. The molecule has 21 heavy (non-hydrogen) atoms. The van der Waals surface area contributed by atoms with E-state index in [1.54, 1.807) is 24.5 Å². The molecule has 0 spiro atoms. The number of anilines is 1. The second-order valence-corrected chi connectivity index (χ2v) is 4.28. The number of imidazole rings is 1. The highest BCUT2D eigenvalue weighted by molar-refractivity contribution is 5.89. The maximum Gasteiger partial charge on any atom is 0.319 e. The van der Waals surface area contributed by atoms with Gasteiger partial charge in [-0.1, -0.05) is 0 Å². The van der Waals surface area contributed by atoms with Gasteiger partial charge in [-0.15, -0.1) is 0 Å². The molecular formula is C13H15N5O3. The van der Waals surface area contributed by atoms with E-state index in [0.29, 0.717) is 24.3 Å². The van der Waals surface area contributed by atoms with Crippen LogP contribution in [0.1, 0.15) is 11.5 Å². The highest BCUT2D eigenvalue weighted by Gasteiger charge is 2.04. The smallest absolute Gasteiger partial charge is 0.319 e. The number of amides is 2. The first-order valence-corrected chi connectivity index (χ1v) is 6.33. The lowest BCUT2D eigenvalue weighted by atomic mass is 10.2. The van der Waals surface area contributed by atoms with Crippen molar-refractivity contribution in [1.29, 1.82) is 0 Å². The number of H-pyrrole nitrogens is 1. The van der Waals surface area contributed by atoms with E-state index in [9.17, 15) is 9.59 Å². The molecule has 2 rings (SSSR count). The summed E-state index contributed by atoms with van der Waals surface area (Å²) in [7, 11) is 0. The lowest BCUT2D eigenvalue weighted by molar-refractivity contribution is -0.136. The monoisotopic (exact) mass is 289 g/mol. The van der Waals surface area contributed by atoms with Gasteiger partial charge in [-0.2, -0.15) is 0 Å². The predicted octanol–water partition coefficient (Wildman–Crippen LogP) is 0.796. The van der Waals surface area contributed by atoms with E-state index in [4.69, 9.17) is 5.11 Å². The minimum atomic E-state index is -0.945. The zero-order valence-corrected chi connectivity index (χ0v) is 11.2. The van der Waals surface area contributed by atoms with Crippen molar-refractivity contribution < 1.29 is 14.7 Å². The average molecular weight is 289 g/mol. The van der Waals surface area contributed by atoms with Gasteiger partial charge in [0.15, 0.2) is 0 Å². The molecule has 2 heterocycles. The van der Waals surface area contributed by atoms with Gasteiger partial charge < -0.3 is 20.7 Å². The summed E-state index contributed by atoms with van der Waals surface area (Å²) in [5.74, 6) is -0.145. The van der Waals surface area contributed by atoms with E-state index in [1.165, 1.54) is 6.20 Å². The maximum absolute atomic E-state index is 11.6. The molecule has 0 fully saturated rings. The van der Waals surface area contributed by atoms with Crippen LogP contribution in [0.3, 0.4) is 0 Å². The summed E-state index contributed by atoms with van der Waals surface area (Å²) in [5, 5.41) is 13.9. The molecule has 0 bridgehead atoms. The van der Waals surface area contributed by atoms with Crippen molar-refractivity contribution in [2.24, 2.45) is 0 Å². The first-order valence-electron chi connectivity index (χ1n) is 6.33. The highest BCUT2D eigenvalue weighted by atomic mass is 16.4. The Hall–Kier alpha value is -2.90. The van der Waals surface area contributed by atoms with Crippen molar-refractivity contribution in [2.75, 3.05) is 11.9 Å².